The van der Waals surface area contributed by atoms with Crippen molar-refractivity contribution in [3.63, 3.8) is 0 Å². The number of hydrogen-bond acceptors (Lipinski definition) is 12. The molecule has 0 bridgehead atoms. The summed E-state index contributed by atoms with van der Waals surface area (Å²) in [5.41, 5.74) is 0. The predicted molar refractivity (Wildman–Crippen MR) is 351 cm³/mol. The fourth-order valence-electron chi connectivity index (χ4n) is 10.3. The summed E-state index contributed by atoms with van der Waals surface area (Å²) in [4.78, 5) is 47.1. The first-order chi connectivity index (χ1) is 42.7. The molecule has 1 aliphatic rings. The lowest BCUT2D eigenvalue weighted by atomic mass is 10.1. The zero-order valence-corrected chi connectivity index (χ0v) is 55.3. The van der Waals surface area contributed by atoms with Crippen LogP contribution in [-0.4, -0.2) is 92.6 Å². The maximum absolute atomic E-state index is 14.4. The minimum Gasteiger partial charge on any atom is -0.490 e. The number of amides is 3. The second-order valence-electron chi connectivity index (χ2n) is 23.7. The Morgan fingerprint density at radius 2 is 0.448 bits per heavy atom. The van der Waals surface area contributed by atoms with Crippen LogP contribution in [0.3, 0.4) is 0 Å². The van der Waals surface area contributed by atoms with Crippen molar-refractivity contribution < 1.29 is 57.0 Å². The fraction of sp³-hybridized carbons (Fsp3) is 0.708. The highest BCUT2D eigenvalue weighted by Gasteiger charge is 2.35. The number of carbonyl (C=O) groups excluding carboxylic acids is 3. The molecule has 0 spiro atoms. The topological polar surface area (TPSA) is 144 Å². The van der Waals surface area contributed by atoms with Crippen LogP contribution in [0, 0.1) is 0 Å². The lowest BCUT2D eigenvalue weighted by Crippen LogP contribution is -2.60. The summed E-state index contributed by atoms with van der Waals surface area (Å²) in [5, 5.41) is 0. The lowest BCUT2D eigenvalue weighted by Gasteiger charge is -2.40. The van der Waals surface area contributed by atoms with E-state index in [-0.39, 0.29) is 37.3 Å². The van der Waals surface area contributed by atoms with Crippen LogP contribution in [-0.2, 0) is 0 Å². The molecule has 0 N–H and O–H groups in total. The lowest BCUT2D eigenvalue weighted by molar-refractivity contribution is 0.00253. The fourth-order valence-corrected chi connectivity index (χ4v) is 10.3. The number of carbonyl (C=O) groups is 3. The van der Waals surface area contributed by atoms with Crippen LogP contribution < -0.4 is 42.6 Å². The maximum Gasteiger partial charge on any atom is 0.418 e. The van der Waals surface area contributed by atoms with Crippen LogP contribution in [0.2, 0.25) is 0 Å². The smallest absolute Gasteiger partial charge is 0.418 e. The molecule has 1 saturated heterocycles. The minimum atomic E-state index is -0.803. The van der Waals surface area contributed by atoms with Gasteiger partial charge in [-0.1, -0.05) is 234 Å². The predicted octanol–water partition coefficient (Wildman–Crippen LogP) is 20.8. The Labute approximate surface area is 526 Å². The third-order valence-electron chi connectivity index (χ3n) is 15.7. The van der Waals surface area contributed by atoms with Gasteiger partial charge in [-0.05, 0) is 74.9 Å². The van der Waals surface area contributed by atoms with Gasteiger partial charge in [0.05, 0.1) is 39.6 Å². The summed E-state index contributed by atoms with van der Waals surface area (Å²) in [6, 6.07) is 15.4. The molecule has 0 saturated carbocycles. The van der Waals surface area contributed by atoms with Crippen molar-refractivity contribution in [3.05, 3.63) is 54.6 Å². The van der Waals surface area contributed by atoms with Gasteiger partial charge in [0.1, 0.15) is 37.3 Å². The molecule has 0 atom stereocenters. The Morgan fingerprint density at radius 1 is 0.264 bits per heavy atom. The summed E-state index contributed by atoms with van der Waals surface area (Å²) in [6.45, 7) is 15.6. The minimum absolute atomic E-state index is 0.221. The quantitative estimate of drug-likeness (QED) is 0.0496. The van der Waals surface area contributed by atoms with Crippen LogP contribution in [0.15, 0.2) is 54.6 Å². The van der Waals surface area contributed by atoms with E-state index in [9.17, 15) is 14.4 Å². The molecule has 1 fully saturated rings. The SMILES string of the molecule is CCCCCCCCOc1ccc(OC(=O)N2CN(C(=O)Oc3ccc(OCCCCCCCC)c(OCCCCCCCC)c3)CN(C(=O)Oc3ccc(OCCCCCCCC)c(OCCCCCCCC)c3)C2)cc1OCCCCCCCC. The zero-order chi connectivity index (χ0) is 62.2. The average Bonchev–Trinajstić information content (AvgIpc) is 1.94. The highest BCUT2D eigenvalue weighted by Crippen LogP contribution is 2.36. The van der Waals surface area contributed by atoms with Crippen molar-refractivity contribution >= 4 is 18.3 Å². The van der Waals surface area contributed by atoms with E-state index in [0.29, 0.717) is 74.1 Å². The number of unbranched alkanes of at least 4 members (excludes halogenated alkanes) is 30. The van der Waals surface area contributed by atoms with Gasteiger partial charge >= 0.3 is 18.3 Å². The second-order valence-corrected chi connectivity index (χ2v) is 23.7. The molecule has 3 aromatic rings. The number of ether oxygens (including phenoxy) is 9. The van der Waals surface area contributed by atoms with Crippen molar-refractivity contribution in [2.24, 2.45) is 0 Å². The molecule has 0 aromatic heterocycles. The molecule has 0 aliphatic carbocycles. The van der Waals surface area contributed by atoms with Gasteiger partial charge < -0.3 is 42.6 Å². The van der Waals surface area contributed by atoms with E-state index in [1.165, 1.54) is 150 Å². The molecule has 1 aliphatic heterocycles. The summed E-state index contributed by atoms with van der Waals surface area (Å²) < 4.78 is 56.0. The van der Waals surface area contributed by atoms with Crippen LogP contribution in [0.1, 0.15) is 273 Å². The van der Waals surface area contributed by atoms with E-state index in [1.54, 1.807) is 54.6 Å². The van der Waals surface area contributed by atoms with Gasteiger partial charge in [0.15, 0.2) is 34.5 Å². The number of nitrogens with zero attached hydrogens (tertiary/aromatic N) is 3. The summed E-state index contributed by atoms with van der Waals surface area (Å²) >= 11 is 0. The largest absolute Gasteiger partial charge is 0.490 e. The van der Waals surface area contributed by atoms with Gasteiger partial charge in [-0.25, -0.2) is 14.4 Å². The molecule has 0 radical (unpaired) electrons. The first kappa shape index (κ1) is 73.7. The number of hydrogen-bond donors (Lipinski definition) is 0. The summed E-state index contributed by atoms with van der Waals surface area (Å²) in [5.74, 6) is 3.85. The molecule has 87 heavy (non-hydrogen) atoms. The van der Waals surface area contributed by atoms with Crippen LogP contribution in [0.4, 0.5) is 14.4 Å². The summed E-state index contributed by atoms with van der Waals surface area (Å²) in [7, 11) is 0. The standard InChI is InChI=1S/C72H117N3O12/c1-7-13-19-25-31-37-49-79-64-46-43-61(55-67(64)82-52-40-34-28-22-16-10-4)85-70(76)73-58-74(71(77)86-62-44-47-65(80-50-38-32-26-20-14-8-2)68(56-62)83-53-41-35-29-23-17-11-5)60-75(59-73)72(78)87-63-45-48-66(81-51-39-33-27-21-15-9-3)69(57-63)84-54-42-36-30-24-18-12-6/h43-48,55-57H,7-42,49-54,58-60H2,1-6H3. The molecule has 15 nitrogen and oxygen atoms in total. The van der Waals surface area contributed by atoms with Gasteiger partial charge in [-0.2, -0.15) is 0 Å². The van der Waals surface area contributed by atoms with Gasteiger partial charge in [0.25, 0.3) is 0 Å². The molecule has 492 valence electrons. The van der Waals surface area contributed by atoms with E-state index in [1.807, 2.05) is 0 Å². The average molecular weight is 1220 g/mol. The molecule has 3 amide bonds. The Morgan fingerprint density at radius 3 is 0.655 bits per heavy atom. The first-order valence-corrected chi connectivity index (χ1v) is 34.8. The molecule has 0 unspecified atom stereocenters. The molecule has 15 heteroatoms. The van der Waals surface area contributed by atoms with Gasteiger partial charge in [0, 0.05) is 18.2 Å². The molecule has 3 aromatic carbocycles. The number of benzene rings is 3. The van der Waals surface area contributed by atoms with Gasteiger partial charge in [-0.15, -0.1) is 0 Å². The van der Waals surface area contributed by atoms with E-state index < -0.39 is 18.3 Å². The van der Waals surface area contributed by atoms with Gasteiger partial charge in [-0.3, -0.25) is 14.7 Å². The van der Waals surface area contributed by atoms with E-state index in [2.05, 4.69) is 41.5 Å². The Bertz CT molecular complexity index is 2010. The van der Waals surface area contributed by atoms with Crippen LogP contribution in [0.5, 0.6) is 51.7 Å². The van der Waals surface area contributed by atoms with Crippen LogP contribution >= 0.6 is 0 Å². The number of rotatable bonds is 51. The highest BCUT2D eigenvalue weighted by atomic mass is 16.6. The van der Waals surface area contributed by atoms with Crippen molar-refractivity contribution in [2.45, 2.75) is 273 Å². The molecule has 1 heterocycles. The molecular weight excluding hydrogens is 1100 g/mol. The monoisotopic (exact) mass is 1220 g/mol. The van der Waals surface area contributed by atoms with Crippen molar-refractivity contribution in [3.8, 4) is 51.7 Å². The Balaban J connectivity index is 1.59. The third kappa shape index (κ3) is 32.4. The second kappa shape index (κ2) is 48.2. The van der Waals surface area contributed by atoms with E-state index in [4.69, 9.17) is 42.6 Å². The normalized spacial score (nSPS) is 12.3. The summed E-state index contributed by atoms with van der Waals surface area (Å²) in [6.07, 6.45) is 38.1. The Kier molecular flexibility index (Phi) is 40.9. The third-order valence-corrected chi connectivity index (χ3v) is 15.7. The molecular formula is C72H117N3O12. The first-order valence-electron chi connectivity index (χ1n) is 34.8. The molecule has 4 rings (SSSR count). The van der Waals surface area contributed by atoms with Gasteiger partial charge in [0.2, 0.25) is 0 Å². The highest BCUT2D eigenvalue weighted by molar-refractivity contribution is 5.77. The van der Waals surface area contributed by atoms with Crippen LogP contribution in [0.25, 0.3) is 0 Å². The van der Waals surface area contributed by atoms with Crippen molar-refractivity contribution in [2.75, 3.05) is 59.6 Å². The van der Waals surface area contributed by atoms with Crippen molar-refractivity contribution in [1.29, 1.82) is 0 Å². The zero-order valence-electron chi connectivity index (χ0n) is 55.3. The van der Waals surface area contributed by atoms with E-state index >= 15 is 0 Å². The maximum atomic E-state index is 14.4. The Hall–Kier alpha value is -5.73. The van der Waals surface area contributed by atoms with E-state index in [0.717, 1.165) is 96.3 Å². The van der Waals surface area contributed by atoms with Crippen molar-refractivity contribution in [1.82, 2.24) is 14.7 Å².